The molecule has 0 aromatic heterocycles. The largest absolute Gasteiger partial charge is 0.394 e. The summed E-state index contributed by atoms with van der Waals surface area (Å²) in [7, 11) is -3.28. The Morgan fingerprint density at radius 1 is 1.44 bits per heavy atom. The molecule has 2 fully saturated rings. The lowest BCUT2D eigenvalue weighted by Crippen LogP contribution is -2.54. The zero-order valence-corrected chi connectivity index (χ0v) is 11.5. The lowest BCUT2D eigenvalue weighted by atomic mass is 10.2. The molecule has 3 unspecified atom stereocenters. The van der Waals surface area contributed by atoms with Gasteiger partial charge in [0.1, 0.15) is 0 Å². The molecule has 0 aliphatic carbocycles. The van der Waals surface area contributed by atoms with Crippen LogP contribution >= 0.6 is 0 Å². The minimum absolute atomic E-state index is 0.140. The second-order valence-corrected chi connectivity index (χ2v) is 7.29. The first kappa shape index (κ1) is 14.2. The van der Waals surface area contributed by atoms with E-state index in [1.807, 2.05) is 6.92 Å². The summed E-state index contributed by atoms with van der Waals surface area (Å²) < 4.78 is 32.0. The van der Waals surface area contributed by atoms with Gasteiger partial charge in [-0.05, 0) is 26.3 Å². The smallest absolute Gasteiger partial charge is 0.218 e. The number of morpholine rings is 1. The molecule has 2 N–H and O–H groups in total. The van der Waals surface area contributed by atoms with Crippen LogP contribution in [0.3, 0.4) is 0 Å². The van der Waals surface area contributed by atoms with E-state index < -0.39 is 16.1 Å². The Balaban J connectivity index is 2.08. The summed E-state index contributed by atoms with van der Waals surface area (Å²) in [5.41, 5.74) is 0. The molecule has 0 aromatic carbocycles. The lowest BCUT2D eigenvalue weighted by molar-refractivity contribution is -0.0752. The van der Waals surface area contributed by atoms with Gasteiger partial charge in [0.25, 0.3) is 0 Å². The Bertz CT molecular complexity index is 367. The molecule has 18 heavy (non-hydrogen) atoms. The molecule has 2 rings (SSSR count). The van der Waals surface area contributed by atoms with Crippen LogP contribution in [-0.2, 0) is 14.8 Å². The van der Waals surface area contributed by atoms with Gasteiger partial charge in [-0.15, -0.1) is 0 Å². The van der Waals surface area contributed by atoms with Crippen LogP contribution in [0.4, 0.5) is 0 Å². The second kappa shape index (κ2) is 5.83. The number of rotatable bonds is 3. The van der Waals surface area contributed by atoms with Crippen molar-refractivity contribution in [2.75, 3.05) is 32.8 Å². The Morgan fingerprint density at radius 3 is 2.83 bits per heavy atom. The van der Waals surface area contributed by atoms with Gasteiger partial charge in [-0.3, -0.25) is 0 Å². The van der Waals surface area contributed by atoms with Crippen molar-refractivity contribution in [1.82, 2.24) is 9.62 Å². The zero-order valence-electron chi connectivity index (χ0n) is 10.7. The molecule has 3 atom stereocenters. The van der Waals surface area contributed by atoms with Crippen LogP contribution in [-0.4, -0.2) is 68.1 Å². The van der Waals surface area contributed by atoms with Gasteiger partial charge in [0.05, 0.1) is 24.1 Å². The standard InChI is InChI=1S/C11H22N2O4S/c1-9-6-13(7-10(8-14)17-9)18(15,16)11-3-2-4-12-5-11/h9-12,14H,2-8H2,1H3. The molecule has 0 saturated carbocycles. The van der Waals surface area contributed by atoms with Crippen LogP contribution in [0.5, 0.6) is 0 Å². The SMILES string of the molecule is CC1CN(S(=O)(=O)C2CCCNC2)CC(CO)O1. The van der Waals surface area contributed by atoms with Crippen molar-refractivity contribution in [3.8, 4) is 0 Å². The summed E-state index contributed by atoms with van der Waals surface area (Å²) in [5.74, 6) is 0. The van der Waals surface area contributed by atoms with E-state index in [9.17, 15) is 8.42 Å². The number of hydrogen-bond donors (Lipinski definition) is 2. The van der Waals surface area contributed by atoms with Crippen LogP contribution in [0.1, 0.15) is 19.8 Å². The molecule has 2 saturated heterocycles. The minimum atomic E-state index is -3.28. The molecule has 7 heteroatoms. The van der Waals surface area contributed by atoms with Crippen molar-refractivity contribution >= 4 is 10.0 Å². The maximum absolute atomic E-state index is 12.5. The van der Waals surface area contributed by atoms with E-state index in [1.54, 1.807) is 0 Å². The van der Waals surface area contributed by atoms with E-state index in [0.717, 1.165) is 13.0 Å². The minimum Gasteiger partial charge on any atom is -0.394 e. The Hall–Kier alpha value is -0.210. The van der Waals surface area contributed by atoms with Crippen LogP contribution in [0.25, 0.3) is 0 Å². The molecule has 2 aliphatic rings. The molecule has 6 nitrogen and oxygen atoms in total. The van der Waals surface area contributed by atoms with Gasteiger partial charge in [0.2, 0.25) is 10.0 Å². The third-order valence-corrected chi connectivity index (χ3v) is 5.79. The fraction of sp³-hybridized carbons (Fsp3) is 1.00. The van der Waals surface area contributed by atoms with E-state index >= 15 is 0 Å². The fourth-order valence-electron chi connectivity index (χ4n) is 2.60. The average Bonchev–Trinajstić information content (AvgIpc) is 2.39. The van der Waals surface area contributed by atoms with E-state index in [4.69, 9.17) is 9.84 Å². The highest BCUT2D eigenvalue weighted by Gasteiger charge is 2.37. The quantitative estimate of drug-likeness (QED) is 0.703. The normalized spacial score (nSPS) is 35.6. The molecule has 2 aliphatic heterocycles. The van der Waals surface area contributed by atoms with Crippen molar-refractivity contribution in [2.45, 2.75) is 37.2 Å². The second-order valence-electron chi connectivity index (χ2n) is 5.08. The summed E-state index contributed by atoms with van der Waals surface area (Å²) in [6, 6.07) is 0. The van der Waals surface area contributed by atoms with Gasteiger partial charge >= 0.3 is 0 Å². The van der Waals surface area contributed by atoms with Crippen molar-refractivity contribution in [2.24, 2.45) is 0 Å². The van der Waals surface area contributed by atoms with Gasteiger partial charge in [-0.2, -0.15) is 4.31 Å². The van der Waals surface area contributed by atoms with Gasteiger partial charge in [0, 0.05) is 19.6 Å². The molecule has 0 bridgehead atoms. The molecule has 0 radical (unpaired) electrons. The van der Waals surface area contributed by atoms with Crippen LogP contribution in [0.15, 0.2) is 0 Å². The number of aliphatic hydroxyl groups is 1. The van der Waals surface area contributed by atoms with Gasteiger partial charge in [-0.1, -0.05) is 0 Å². The Kier molecular flexibility index (Phi) is 4.60. The van der Waals surface area contributed by atoms with E-state index in [0.29, 0.717) is 19.5 Å². The molecule has 0 amide bonds. The third-order valence-electron chi connectivity index (χ3n) is 3.53. The number of hydrogen-bond acceptors (Lipinski definition) is 5. The van der Waals surface area contributed by atoms with Gasteiger partial charge in [-0.25, -0.2) is 8.42 Å². The monoisotopic (exact) mass is 278 g/mol. The highest BCUT2D eigenvalue weighted by Crippen LogP contribution is 2.21. The number of nitrogens with one attached hydrogen (secondary N) is 1. The predicted molar refractivity (Wildman–Crippen MR) is 67.8 cm³/mol. The molecule has 2 heterocycles. The van der Waals surface area contributed by atoms with Crippen LogP contribution in [0, 0.1) is 0 Å². The third kappa shape index (κ3) is 3.03. The topological polar surface area (TPSA) is 78.9 Å². The van der Waals surface area contributed by atoms with Gasteiger partial charge in [0.15, 0.2) is 0 Å². The summed E-state index contributed by atoms with van der Waals surface area (Å²) in [4.78, 5) is 0. The molecular formula is C11H22N2O4S. The number of nitrogens with zero attached hydrogens (tertiary/aromatic N) is 1. The van der Waals surface area contributed by atoms with E-state index in [-0.39, 0.29) is 24.5 Å². The maximum atomic E-state index is 12.5. The van der Waals surface area contributed by atoms with Crippen molar-refractivity contribution in [3.63, 3.8) is 0 Å². The molecule has 0 aromatic rings. The first-order valence-electron chi connectivity index (χ1n) is 6.50. The highest BCUT2D eigenvalue weighted by molar-refractivity contribution is 7.89. The average molecular weight is 278 g/mol. The Labute approximate surface area is 108 Å². The zero-order chi connectivity index (χ0) is 13.2. The summed E-state index contributed by atoms with van der Waals surface area (Å²) in [6.45, 7) is 3.76. The van der Waals surface area contributed by atoms with E-state index in [2.05, 4.69) is 5.32 Å². The lowest BCUT2D eigenvalue weighted by Gasteiger charge is -2.37. The van der Waals surface area contributed by atoms with Crippen molar-refractivity contribution in [1.29, 1.82) is 0 Å². The summed E-state index contributed by atoms with van der Waals surface area (Å²) >= 11 is 0. The fourth-order valence-corrected chi connectivity index (χ4v) is 4.60. The van der Waals surface area contributed by atoms with Crippen molar-refractivity contribution in [3.05, 3.63) is 0 Å². The van der Waals surface area contributed by atoms with Gasteiger partial charge < -0.3 is 15.2 Å². The predicted octanol–water partition coefficient (Wildman–Crippen LogP) is -0.850. The highest BCUT2D eigenvalue weighted by atomic mass is 32.2. The number of ether oxygens (including phenoxy) is 1. The summed E-state index contributed by atoms with van der Waals surface area (Å²) in [6.07, 6.45) is 1.04. The first-order chi connectivity index (χ1) is 8.54. The number of sulfonamides is 1. The van der Waals surface area contributed by atoms with Crippen molar-refractivity contribution < 1.29 is 18.3 Å². The first-order valence-corrected chi connectivity index (χ1v) is 8.00. The number of aliphatic hydroxyl groups excluding tert-OH is 1. The number of piperidine rings is 1. The van der Waals surface area contributed by atoms with Crippen LogP contribution < -0.4 is 5.32 Å². The van der Waals surface area contributed by atoms with Crippen LogP contribution in [0.2, 0.25) is 0 Å². The maximum Gasteiger partial charge on any atom is 0.218 e. The molecule has 0 spiro atoms. The molecular weight excluding hydrogens is 256 g/mol. The molecule has 106 valence electrons. The Morgan fingerprint density at radius 2 is 2.22 bits per heavy atom. The summed E-state index contributed by atoms with van der Waals surface area (Å²) in [5, 5.41) is 11.9. The van der Waals surface area contributed by atoms with E-state index in [1.165, 1.54) is 4.31 Å².